The van der Waals surface area contributed by atoms with Gasteiger partial charge in [-0.3, -0.25) is 4.79 Å². The molecule has 0 aromatic carbocycles. The second-order valence-corrected chi connectivity index (χ2v) is 7.55. The molecular formula is C15H19BrF3N3O. The smallest absolute Gasteiger partial charge is 0.355 e. The van der Waals surface area contributed by atoms with Crippen molar-refractivity contribution in [3.63, 3.8) is 0 Å². The molecule has 1 amide bonds. The van der Waals surface area contributed by atoms with Crippen LogP contribution >= 0.6 is 15.9 Å². The van der Waals surface area contributed by atoms with E-state index in [1.54, 1.807) is 0 Å². The van der Waals surface area contributed by atoms with Crippen LogP contribution in [0.4, 0.5) is 19.0 Å². The Hall–Kier alpha value is -1.31. The molecule has 23 heavy (non-hydrogen) atoms. The lowest BCUT2D eigenvalue weighted by Gasteiger charge is -2.23. The van der Waals surface area contributed by atoms with Crippen LogP contribution in [0.2, 0.25) is 0 Å². The number of carbonyl (C=O) groups excluding carboxylic acids is 1. The molecule has 1 N–H and O–H groups in total. The van der Waals surface area contributed by atoms with Crippen LogP contribution in [0.25, 0.3) is 0 Å². The molecule has 0 bridgehead atoms. The van der Waals surface area contributed by atoms with Crippen LogP contribution in [0.5, 0.6) is 0 Å². The van der Waals surface area contributed by atoms with Crippen LogP contribution in [0.3, 0.4) is 0 Å². The van der Waals surface area contributed by atoms with Gasteiger partial charge in [0, 0.05) is 24.8 Å². The van der Waals surface area contributed by atoms with E-state index in [0.29, 0.717) is 25.3 Å². The van der Waals surface area contributed by atoms with E-state index in [-0.39, 0.29) is 21.8 Å². The SMILES string of the molecule is CC(C)(C)NC(=O)C1CCN(c2ncc(C(F)(F)F)cc2Br)C1. The highest BCUT2D eigenvalue weighted by molar-refractivity contribution is 9.10. The number of amides is 1. The van der Waals surface area contributed by atoms with Gasteiger partial charge >= 0.3 is 6.18 Å². The molecule has 1 aliphatic heterocycles. The summed E-state index contributed by atoms with van der Waals surface area (Å²) in [7, 11) is 0. The molecule has 0 aliphatic carbocycles. The molecule has 0 saturated carbocycles. The highest BCUT2D eigenvalue weighted by atomic mass is 79.9. The molecule has 128 valence electrons. The summed E-state index contributed by atoms with van der Waals surface area (Å²) < 4.78 is 38.3. The summed E-state index contributed by atoms with van der Waals surface area (Å²) in [5.41, 5.74) is -1.10. The number of aromatic nitrogens is 1. The van der Waals surface area contributed by atoms with Gasteiger partial charge < -0.3 is 10.2 Å². The maximum Gasteiger partial charge on any atom is 0.417 e. The molecule has 2 heterocycles. The maximum absolute atomic E-state index is 12.7. The summed E-state index contributed by atoms with van der Waals surface area (Å²) in [6, 6.07) is 1.02. The predicted octanol–water partition coefficient (Wildman–Crippen LogP) is 3.60. The van der Waals surface area contributed by atoms with Crippen LogP contribution in [0.1, 0.15) is 32.8 Å². The van der Waals surface area contributed by atoms with Crippen LogP contribution in [0.15, 0.2) is 16.7 Å². The minimum Gasteiger partial charge on any atom is -0.355 e. The Morgan fingerprint density at radius 3 is 2.57 bits per heavy atom. The highest BCUT2D eigenvalue weighted by Gasteiger charge is 2.34. The molecule has 8 heteroatoms. The number of anilines is 1. The molecule has 1 aromatic rings. The third-order valence-electron chi connectivity index (χ3n) is 3.51. The Bertz CT molecular complexity index is 599. The number of rotatable bonds is 2. The van der Waals surface area contributed by atoms with Crippen molar-refractivity contribution < 1.29 is 18.0 Å². The fourth-order valence-electron chi connectivity index (χ4n) is 2.46. The van der Waals surface area contributed by atoms with Crippen LogP contribution in [-0.2, 0) is 11.0 Å². The number of carbonyl (C=O) groups is 1. The van der Waals surface area contributed by atoms with E-state index in [0.717, 1.165) is 12.3 Å². The minimum absolute atomic E-state index is 0.0389. The third kappa shape index (κ3) is 4.59. The number of nitrogens with one attached hydrogen (secondary N) is 1. The van der Waals surface area contributed by atoms with Crippen LogP contribution < -0.4 is 10.2 Å². The Balaban J connectivity index is 2.09. The number of halogens is 4. The topological polar surface area (TPSA) is 45.2 Å². The Labute approximate surface area is 141 Å². The molecular weight excluding hydrogens is 375 g/mol. The zero-order valence-corrected chi connectivity index (χ0v) is 14.8. The van der Waals surface area contributed by atoms with Crippen molar-refractivity contribution in [2.75, 3.05) is 18.0 Å². The molecule has 1 aliphatic rings. The van der Waals surface area contributed by atoms with E-state index >= 15 is 0 Å². The summed E-state index contributed by atoms with van der Waals surface area (Å²) in [5.74, 6) is 0.206. The monoisotopic (exact) mass is 393 g/mol. The van der Waals surface area contributed by atoms with E-state index in [1.807, 2.05) is 25.7 Å². The zero-order valence-electron chi connectivity index (χ0n) is 13.2. The van der Waals surface area contributed by atoms with E-state index in [4.69, 9.17) is 0 Å². The lowest BCUT2D eigenvalue weighted by Crippen LogP contribution is -2.44. The number of hydrogen-bond donors (Lipinski definition) is 1. The molecule has 1 unspecified atom stereocenters. The third-order valence-corrected chi connectivity index (χ3v) is 4.09. The van der Waals surface area contributed by atoms with Crippen LogP contribution in [0, 0.1) is 5.92 Å². The first-order chi connectivity index (χ1) is 10.5. The quantitative estimate of drug-likeness (QED) is 0.834. The summed E-state index contributed by atoms with van der Waals surface area (Å²) in [5, 5.41) is 2.93. The van der Waals surface area contributed by atoms with Gasteiger partial charge in [-0.2, -0.15) is 13.2 Å². The molecule has 0 radical (unpaired) electrons. The standard InChI is InChI=1S/C15H19BrF3N3O/c1-14(2,3)21-13(23)9-4-5-22(8-9)12-11(16)6-10(7-20-12)15(17,18)19/h6-7,9H,4-5,8H2,1-3H3,(H,21,23). The van der Waals surface area contributed by atoms with Crippen molar-refractivity contribution in [2.24, 2.45) is 5.92 Å². The Kier molecular flexibility index (Phi) is 4.94. The number of nitrogens with zero attached hydrogens (tertiary/aromatic N) is 2. The van der Waals surface area contributed by atoms with Gasteiger partial charge in [0.05, 0.1) is 16.0 Å². The Morgan fingerprint density at radius 2 is 2.04 bits per heavy atom. The van der Waals surface area contributed by atoms with Gasteiger partial charge in [-0.25, -0.2) is 4.98 Å². The van der Waals surface area contributed by atoms with Crippen molar-refractivity contribution in [1.29, 1.82) is 0 Å². The second kappa shape index (κ2) is 6.30. The number of alkyl halides is 3. The molecule has 4 nitrogen and oxygen atoms in total. The van der Waals surface area contributed by atoms with Crippen LogP contribution in [-0.4, -0.2) is 29.5 Å². The average molecular weight is 394 g/mol. The normalized spacial score (nSPS) is 19.1. The minimum atomic E-state index is -4.42. The maximum atomic E-state index is 12.7. The van der Waals surface area contributed by atoms with Gasteiger partial charge in [0.25, 0.3) is 0 Å². The first kappa shape index (κ1) is 18.0. The summed E-state index contributed by atoms with van der Waals surface area (Å²) in [6.45, 7) is 6.75. The molecule has 1 aromatic heterocycles. The summed E-state index contributed by atoms with van der Waals surface area (Å²) in [4.78, 5) is 17.9. The molecule has 1 saturated heterocycles. The van der Waals surface area contributed by atoms with Gasteiger partial charge in [0.1, 0.15) is 5.82 Å². The molecule has 0 spiro atoms. The van der Waals surface area contributed by atoms with Gasteiger partial charge in [0.15, 0.2) is 0 Å². The summed E-state index contributed by atoms with van der Waals surface area (Å²) >= 11 is 3.15. The van der Waals surface area contributed by atoms with E-state index < -0.39 is 11.7 Å². The number of hydrogen-bond acceptors (Lipinski definition) is 3. The largest absolute Gasteiger partial charge is 0.417 e. The van der Waals surface area contributed by atoms with Crippen molar-refractivity contribution >= 4 is 27.7 Å². The fraction of sp³-hybridized carbons (Fsp3) is 0.600. The zero-order chi connectivity index (χ0) is 17.4. The van der Waals surface area contributed by atoms with Gasteiger partial charge in [-0.05, 0) is 49.2 Å². The first-order valence-corrected chi connectivity index (χ1v) is 8.06. The van der Waals surface area contributed by atoms with Crippen molar-refractivity contribution in [1.82, 2.24) is 10.3 Å². The summed E-state index contributed by atoms with van der Waals surface area (Å²) in [6.07, 6.45) is -2.95. The first-order valence-electron chi connectivity index (χ1n) is 7.27. The fourth-order valence-corrected chi connectivity index (χ4v) is 3.06. The van der Waals surface area contributed by atoms with Crippen molar-refractivity contribution in [3.05, 3.63) is 22.3 Å². The lowest BCUT2D eigenvalue weighted by atomic mass is 10.0. The molecule has 1 fully saturated rings. The number of pyridine rings is 1. The van der Waals surface area contributed by atoms with Gasteiger partial charge in [-0.15, -0.1) is 0 Å². The van der Waals surface area contributed by atoms with E-state index in [9.17, 15) is 18.0 Å². The van der Waals surface area contributed by atoms with Gasteiger partial charge in [0.2, 0.25) is 5.91 Å². The van der Waals surface area contributed by atoms with Crippen molar-refractivity contribution in [3.8, 4) is 0 Å². The Morgan fingerprint density at radius 1 is 1.39 bits per heavy atom. The van der Waals surface area contributed by atoms with E-state index in [2.05, 4.69) is 26.2 Å². The molecule has 1 atom stereocenters. The second-order valence-electron chi connectivity index (χ2n) is 6.70. The van der Waals surface area contributed by atoms with Gasteiger partial charge in [-0.1, -0.05) is 0 Å². The van der Waals surface area contributed by atoms with Crippen molar-refractivity contribution in [2.45, 2.75) is 38.9 Å². The average Bonchev–Trinajstić information content (AvgIpc) is 2.85. The highest BCUT2D eigenvalue weighted by Crippen LogP contribution is 2.35. The molecule has 2 rings (SSSR count). The van der Waals surface area contributed by atoms with E-state index in [1.165, 1.54) is 0 Å². The predicted molar refractivity (Wildman–Crippen MR) is 85.2 cm³/mol. The lowest BCUT2D eigenvalue weighted by molar-refractivity contribution is -0.137.